The topological polar surface area (TPSA) is 75.6 Å². The summed E-state index contributed by atoms with van der Waals surface area (Å²) < 4.78 is 4.68. The normalized spacial score (nSPS) is 12.7. The molecule has 0 aliphatic rings. The number of carboxylic acids is 1. The third-order valence-electron chi connectivity index (χ3n) is 2.53. The van der Waals surface area contributed by atoms with Gasteiger partial charge in [-0.25, -0.2) is 9.59 Å². The first kappa shape index (κ1) is 14.5. The van der Waals surface area contributed by atoms with Crippen LogP contribution < -0.4 is 5.32 Å². The fraction of sp³-hybridized carbons (Fsp3) is 0.636. The van der Waals surface area contributed by atoms with Crippen molar-refractivity contribution >= 4 is 12.1 Å². The average Bonchev–Trinajstić information content (AvgIpc) is 2.22. The molecule has 0 bridgehead atoms. The second-order valence-electron chi connectivity index (χ2n) is 4.14. The summed E-state index contributed by atoms with van der Waals surface area (Å²) in [6.45, 7) is 8.87. The molecule has 0 aromatic carbocycles. The van der Waals surface area contributed by atoms with E-state index in [1.54, 1.807) is 13.8 Å². The summed E-state index contributed by atoms with van der Waals surface area (Å²) in [5, 5.41) is 11.4. The fourth-order valence-corrected chi connectivity index (χ4v) is 1.09. The Labute approximate surface area is 95.5 Å². The molecule has 2 N–H and O–H groups in total. The number of rotatable bonds is 6. The van der Waals surface area contributed by atoms with Gasteiger partial charge >= 0.3 is 12.1 Å². The van der Waals surface area contributed by atoms with E-state index in [2.05, 4.69) is 16.6 Å². The van der Waals surface area contributed by atoms with Crippen LogP contribution >= 0.6 is 0 Å². The van der Waals surface area contributed by atoms with Gasteiger partial charge < -0.3 is 15.2 Å². The molecular formula is C11H19NO4. The molecule has 1 amide bonds. The third-order valence-corrected chi connectivity index (χ3v) is 2.53. The van der Waals surface area contributed by atoms with Crippen molar-refractivity contribution in [3.05, 3.63) is 12.7 Å². The highest BCUT2D eigenvalue weighted by atomic mass is 16.5. The summed E-state index contributed by atoms with van der Waals surface area (Å²) in [5.41, 5.74) is -0.529. The van der Waals surface area contributed by atoms with Gasteiger partial charge in [-0.2, -0.15) is 0 Å². The molecule has 0 aliphatic heterocycles. The Kier molecular flexibility index (Phi) is 5.56. The van der Waals surface area contributed by atoms with E-state index in [-0.39, 0.29) is 6.61 Å². The number of amides is 1. The number of aliphatic carboxylic acids is 1. The van der Waals surface area contributed by atoms with Crippen molar-refractivity contribution in [1.29, 1.82) is 0 Å². The Hall–Kier alpha value is -1.52. The molecule has 1 atom stereocenters. The van der Waals surface area contributed by atoms with Crippen LogP contribution in [0.2, 0.25) is 0 Å². The van der Waals surface area contributed by atoms with E-state index in [0.29, 0.717) is 6.42 Å². The second kappa shape index (κ2) is 6.15. The highest BCUT2D eigenvalue weighted by molar-refractivity contribution is 5.80. The molecule has 0 spiro atoms. The van der Waals surface area contributed by atoms with Gasteiger partial charge in [0.25, 0.3) is 0 Å². The van der Waals surface area contributed by atoms with Gasteiger partial charge in [0, 0.05) is 0 Å². The lowest BCUT2D eigenvalue weighted by molar-refractivity contribution is -0.142. The molecule has 0 aliphatic carbocycles. The standard InChI is InChI=1S/C11H19NO4/c1-5-7-16-10(15)12-8(9(13)14)11(3,4)6-2/h5,8H,1,6-7H2,2-4H3,(H,12,15)(H,13,14). The van der Waals surface area contributed by atoms with Gasteiger partial charge in [0.2, 0.25) is 0 Å². The maximum Gasteiger partial charge on any atom is 0.408 e. The van der Waals surface area contributed by atoms with Crippen molar-refractivity contribution in [2.24, 2.45) is 5.41 Å². The molecular weight excluding hydrogens is 210 g/mol. The molecule has 0 saturated carbocycles. The quantitative estimate of drug-likeness (QED) is 0.681. The Morgan fingerprint density at radius 3 is 2.50 bits per heavy atom. The molecule has 5 heteroatoms. The summed E-state index contributed by atoms with van der Waals surface area (Å²) in [5.74, 6) is -1.07. The van der Waals surface area contributed by atoms with Crippen molar-refractivity contribution in [3.8, 4) is 0 Å². The van der Waals surface area contributed by atoms with Crippen molar-refractivity contribution in [2.45, 2.75) is 33.2 Å². The number of alkyl carbamates (subject to hydrolysis) is 1. The summed E-state index contributed by atoms with van der Waals surface area (Å²) in [4.78, 5) is 22.3. The van der Waals surface area contributed by atoms with Crippen molar-refractivity contribution in [1.82, 2.24) is 5.32 Å². The monoisotopic (exact) mass is 229 g/mol. The lowest BCUT2D eigenvalue weighted by Gasteiger charge is -2.30. The van der Waals surface area contributed by atoms with Crippen LogP contribution in [0.3, 0.4) is 0 Å². The fourth-order valence-electron chi connectivity index (χ4n) is 1.09. The molecule has 5 nitrogen and oxygen atoms in total. The third kappa shape index (κ3) is 4.33. The van der Waals surface area contributed by atoms with Crippen LogP contribution in [0.4, 0.5) is 4.79 Å². The second-order valence-corrected chi connectivity index (χ2v) is 4.14. The Balaban J connectivity index is 4.52. The Morgan fingerprint density at radius 1 is 1.56 bits per heavy atom. The zero-order valence-corrected chi connectivity index (χ0v) is 9.95. The lowest BCUT2D eigenvalue weighted by Crippen LogP contribution is -2.50. The lowest BCUT2D eigenvalue weighted by atomic mass is 9.82. The zero-order chi connectivity index (χ0) is 12.8. The van der Waals surface area contributed by atoms with E-state index in [9.17, 15) is 9.59 Å². The number of nitrogens with one attached hydrogen (secondary N) is 1. The van der Waals surface area contributed by atoms with Crippen LogP contribution in [0.5, 0.6) is 0 Å². The van der Waals surface area contributed by atoms with Crippen LogP contribution in [-0.2, 0) is 9.53 Å². The number of hydrogen-bond acceptors (Lipinski definition) is 3. The minimum absolute atomic E-state index is 0.0602. The molecule has 0 rings (SSSR count). The number of hydrogen-bond donors (Lipinski definition) is 2. The predicted molar refractivity (Wildman–Crippen MR) is 60.2 cm³/mol. The summed E-state index contributed by atoms with van der Waals surface area (Å²) in [6, 6.07) is -0.963. The molecule has 0 saturated heterocycles. The zero-order valence-electron chi connectivity index (χ0n) is 9.95. The van der Waals surface area contributed by atoms with Gasteiger partial charge in [-0.05, 0) is 11.8 Å². The largest absolute Gasteiger partial charge is 0.480 e. The minimum Gasteiger partial charge on any atom is -0.480 e. The molecule has 92 valence electrons. The summed E-state index contributed by atoms with van der Waals surface area (Å²) >= 11 is 0. The SMILES string of the molecule is C=CCOC(=O)NC(C(=O)O)C(C)(C)CC. The molecule has 0 fully saturated rings. The molecule has 16 heavy (non-hydrogen) atoms. The van der Waals surface area contributed by atoms with Gasteiger partial charge in [0.05, 0.1) is 0 Å². The van der Waals surface area contributed by atoms with E-state index in [0.717, 1.165) is 0 Å². The van der Waals surface area contributed by atoms with Crippen LogP contribution in [0.25, 0.3) is 0 Å². The first-order chi connectivity index (χ1) is 7.35. The molecule has 0 heterocycles. The minimum atomic E-state index is -1.07. The number of carboxylic acid groups (broad SMARTS) is 1. The van der Waals surface area contributed by atoms with E-state index in [1.807, 2.05) is 6.92 Å². The number of carbonyl (C=O) groups is 2. The van der Waals surface area contributed by atoms with Gasteiger partial charge in [-0.3, -0.25) is 0 Å². The van der Waals surface area contributed by atoms with Crippen LogP contribution in [0, 0.1) is 5.41 Å². The maximum atomic E-state index is 11.2. The van der Waals surface area contributed by atoms with Crippen LogP contribution in [0.1, 0.15) is 27.2 Å². The van der Waals surface area contributed by atoms with Gasteiger partial charge in [-0.1, -0.05) is 33.4 Å². The molecule has 1 unspecified atom stereocenters. The van der Waals surface area contributed by atoms with E-state index < -0.39 is 23.5 Å². The van der Waals surface area contributed by atoms with Gasteiger partial charge in [-0.15, -0.1) is 0 Å². The van der Waals surface area contributed by atoms with Crippen molar-refractivity contribution in [2.75, 3.05) is 6.61 Å². The predicted octanol–water partition coefficient (Wildman–Crippen LogP) is 1.79. The van der Waals surface area contributed by atoms with Gasteiger partial charge in [0.15, 0.2) is 0 Å². The molecule has 0 aromatic rings. The maximum absolute atomic E-state index is 11.2. The average molecular weight is 229 g/mol. The Morgan fingerprint density at radius 2 is 2.12 bits per heavy atom. The highest BCUT2D eigenvalue weighted by Crippen LogP contribution is 2.25. The first-order valence-electron chi connectivity index (χ1n) is 5.12. The highest BCUT2D eigenvalue weighted by Gasteiger charge is 2.35. The Bertz CT molecular complexity index is 273. The van der Waals surface area contributed by atoms with Crippen LogP contribution in [-0.4, -0.2) is 29.8 Å². The first-order valence-corrected chi connectivity index (χ1v) is 5.12. The van der Waals surface area contributed by atoms with E-state index in [4.69, 9.17) is 5.11 Å². The van der Waals surface area contributed by atoms with Crippen LogP contribution in [0.15, 0.2) is 12.7 Å². The molecule has 0 aromatic heterocycles. The van der Waals surface area contributed by atoms with Gasteiger partial charge in [0.1, 0.15) is 12.6 Å². The number of ether oxygens (including phenoxy) is 1. The number of carbonyl (C=O) groups excluding carboxylic acids is 1. The molecule has 0 radical (unpaired) electrons. The van der Waals surface area contributed by atoms with E-state index >= 15 is 0 Å². The smallest absolute Gasteiger partial charge is 0.408 e. The summed E-state index contributed by atoms with van der Waals surface area (Å²) in [6.07, 6.45) is 1.31. The van der Waals surface area contributed by atoms with Crippen molar-refractivity contribution < 1.29 is 19.4 Å². The van der Waals surface area contributed by atoms with E-state index in [1.165, 1.54) is 6.08 Å². The summed E-state index contributed by atoms with van der Waals surface area (Å²) in [7, 11) is 0. The van der Waals surface area contributed by atoms with Crippen molar-refractivity contribution in [3.63, 3.8) is 0 Å².